The third kappa shape index (κ3) is 4.08. The minimum Gasteiger partial charge on any atom is -0.466 e. The number of allylic oxidation sites excluding steroid dienone is 5. The Morgan fingerprint density at radius 3 is 2.93 bits per heavy atom. The van der Waals surface area contributed by atoms with Gasteiger partial charge in [0.15, 0.2) is 0 Å². The standard InChI is InChI=1S/C12H16O2/c1-14-12(13)10-6-5-9-11-7-3-2-4-8-11/h5-7,9-10H,2-4,8H2,1H3/b9-5+,10-6+. The average molecular weight is 192 g/mol. The van der Waals surface area contributed by atoms with Gasteiger partial charge in [0.1, 0.15) is 0 Å². The van der Waals surface area contributed by atoms with Gasteiger partial charge in [-0.05, 0) is 25.7 Å². The maximum atomic E-state index is 10.7. The Morgan fingerprint density at radius 2 is 2.29 bits per heavy atom. The first-order chi connectivity index (χ1) is 6.83. The Bertz CT molecular complexity index is 272. The van der Waals surface area contributed by atoms with Crippen molar-refractivity contribution < 1.29 is 9.53 Å². The van der Waals surface area contributed by atoms with Crippen molar-refractivity contribution in [1.29, 1.82) is 0 Å². The Labute approximate surface area is 85.0 Å². The van der Waals surface area contributed by atoms with Crippen molar-refractivity contribution in [3.8, 4) is 0 Å². The summed E-state index contributed by atoms with van der Waals surface area (Å²) in [7, 11) is 1.38. The zero-order valence-corrected chi connectivity index (χ0v) is 8.53. The van der Waals surface area contributed by atoms with Crippen molar-refractivity contribution >= 4 is 5.97 Å². The number of carbonyl (C=O) groups excluding carboxylic acids is 1. The molecule has 1 aliphatic rings. The lowest BCUT2D eigenvalue weighted by molar-refractivity contribution is -0.134. The average Bonchev–Trinajstić information content (AvgIpc) is 2.25. The molecule has 0 aromatic carbocycles. The van der Waals surface area contributed by atoms with E-state index in [4.69, 9.17) is 0 Å². The van der Waals surface area contributed by atoms with E-state index in [0.29, 0.717) is 0 Å². The molecule has 1 rings (SSSR count). The third-order valence-electron chi connectivity index (χ3n) is 2.18. The van der Waals surface area contributed by atoms with Gasteiger partial charge in [0, 0.05) is 6.08 Å². The molecule has 2 heteroatoms. The lowest BCUT2D eigenvalue weighted by Gasteiger charge is -2.07. The smallest absolute Gasteiger partial charge is 0.330 e. The van der Waals surface area contributed by atoms with Crippen LogP contribution in [-0.4, -0.2) is 13.1 Å². The summed E-state index contributed by atoms with van der Waals surface area (Å²) >= 11 is 0. The minimum absolute atomic E-state index is 0.313. The van der Waals surface area contributed by atoms with E-state index in [0.717, 1.165) is 6.42 Å². The zero-order valence-electron chi connectivity index (χ0n) is 8.53. The summed E-state index contributed by atoms with van der Waals surface area (Å²) in [6, 6.07) is 0. The number of methoxy groups -OCH3 is 1. The molecule has 0 bridgehead atoms. The maximum absolute atomic E-state index is 10.7. The summed E-state index contributed by atoms with van der Waals surface area (Å²) in [4.78, 5) is 10.7. The van der Waals surface area contributed by atoms with Gasteiger partial charge in [0.25, 0.3) is 0 Å². The van der Waals surface area contributed by atoms with Gasteiger partial charge in [-0.3, -0.25) is 0 Å². The van der Waals surface area contributed by atoms with Crippen LogP contribution in [-0.2, 0) is 9.53 Å². The van der Waals surface area contributed by atoms with Crippen LogP contribution >= 0.6 is 0 Å². The summed E-state index contributed by atoms with van der Waals surface area (Å²) in [5.74, 6) is -0.313. The molecule has 1 aliphatic carbocycles. The van der Waals surface area contributed by atoms with Crippen LogP contribution in [0.3, 0.4) is 0 Å². The molecular formula is C12H16O2. The van der Waals surface area contributed by atoms with E-state index in [-0.39, 0.29) is 5.97 Å². The Hall–Kier alpha value is -1.31. The van der Waals surface area contributed by atoms with Crippen LogP contribution in [0.4, 0.5) is 0 Å². The first kappa shape index (κ1) is 10.8. The number of hydrogen-bond acceptors (Lipinski definition) is 2. The zero-order chi connectivity index (χ0) is 10.2. The van der Waals surface area contributed by atoms with Gasteiger partial charge in [-0.1, -0.05) is 29.9 Å². The highest BCUT2D eigenvalue weighted by Crippen LogP contribution is 2.17. The van der Waals surface area contributed by atoms with E-state index in [1.807, 2.05) is 6.08 Å². The highest BCUT2D eigenvalue weighted by molar-refractivity contribution is 5.82. The van der Waals surface area contributed by atoms with E-state index in [1.54, 1.807) is 6.08 Å². The molecule has 0 saturated carbocycles. The monoisotopic (exact) mass is 192 g/mol. The van der Waals surface area contributed by atoms with E-state index in [2.05, 4.69) is 16.9 Å². The Morgan fingerprint density at radius 1 is 1.43 bits per heavy atom. The van der Waals surface area contributed by atoms with Crippen molar-refractivity contribution in [2.75, 3.05) is 7.11 Å². The van der Waals surface area contributed by atoms with E-state index in [9.17, 15) is 4.79 Å². The van der Waals surface area contributed by atoms with Gasteiger partial charge in [0.2, 0.25) is 0 Å². The first-order valence-electron chi connectivity index (χ1n) is 4.94. The van der Waals surface area contributed by atoms with Crippen molar-refractivity contribution in [2.45, 2.75) is 25.7 Å². The first-order valence-corrected chi connectivity index (χ1v) is 4.94. The fourth-order valence-corrected chi connectivity index (χ4v) is 1.40. The second-order valence-electron chi connectivity index (χ2n) is 3.27. The molecule has 0 fully saturated rings. The summed E-state index contributed by atoms with van der Waals surface area (Å²) < 4.78 is 4.47. The van der Waals surface area contributed by atoms with Gasteiger partial charge < -0.3 is 4.74 Å². The normalized spacial score (nSPS) is 17.4. The Kier molecular flexibility index (Phi) is 4.76. The molecule has 0 aliphatic heterocycles. The molecule has 0 aromatic heterocycles. The molecule has 0 aromatic rings. The quantitative estimate of drug-likeness (QED) is 0.390. The van der Waals surface area contributed by atoms with E-state index < -0.39 is 0 Å². The summed E-state index contributed by atoms with van der Waals surface area (Å²) in [5.41, 5.74) is 1.37. The van der Waals surface area contributed by atoms with Crippen LogP contribution in [0.2, 0.25) is 0 Å². The molecular weight excluding hydrogens is 176 g/mol. The van der Waals surface area contributed by atoms with Crippen LogP contribution < -0.4 is 0 Å². The minimum atomic E-state index is -0.313. The number of esters is 1. The van der Waals surface area contributed by atoms with Gasteiger partial charge in [-0.15, -0.1) is 0 Å². The lowest BCUT2D eigenvalue weighted by atomic mass is 9.99. The molecule has 0 spiro atoms. The Balaban J connectivity index is 2.36. The van der Waals surface area contributed by atoms with Crippen molar-refractivity contribution in [1.82, 2.24) is 0 Å². The molecule has 76 valence electrons. The van der Waals surface area contributed by atoms with Gasteiger partial charge in [-0.2, -0.15) is 0 Å². The molecule has 0 unspecified atom stereocenters. The van der Waals surface area contributed by atoms with Crippen LogP contribution in [0, 0.1) is 0 Å². The fourth-order valence-electron chi connectivity index (χ4n) is 1.40. The van der Waals surface area contributed by atoms with Crippen LogP contribution in [0.5, 0.6) is 0 Å². The van der Waals surface area contributed by atoms with E-state index >= 15 is 0 Å². The van der Waals surface area contributed by atoms with E-state index in [1.165, 1.54) is 38.0 Å². The van der Waals surface area contributed by atoms with Crippen LogP contribution in [0.25, 0.3) is 0 Å². The summed E-state index contributed by atoms with van der Waals surface area (Å²) in [6.45, 7) is 0. The topological polar surface area (TPSA) is 26.3 Å². The molecule has 0 N–H and O–H groups in total. The maximum Gasteiger partial charge on any atom is 0.330 e. The molecule has 0 atom stereocenters. The molecule has 0 saturated heterocycles. The number of carbonyl (C=O) groups is 1. The molecule has 14 heavy (non-hydrogen) atoms. The third-order valence-corrected chi connectivity index (χ3v) is 2.18. The van der Waals surface area contributed by atoms with Crippen LogP contribution in [0.1, 0.15) is 25.7 Å². The fraction of sp³-hybridized carbons (Fsp3) is 0.417. The predicted octanol–water partition coefficient (Wildman–Crippen LogP) is 2.77. The van der Waals surface area contributed by atoms with Crippen LogP contribution in [0.15, 0.2) is 36.0 Å². The largest absolute Gasteiger partial charge is 0.466 e. The molecule has 0 heterocycles. The highest BCUT2D eigenvalue weighted by Gasteiger charge is 1.98. The van der Waals surface area contributed by atoms with Crippen molar-refractivity contribution in [3.63, 3.8) is 0 Å². The number of rotatable bonds is 3. The number of hydrogen-bond donors (Lipinski definition) is 0. The molecule has 2 nitrogen and oxygen atoms in total. The second-order valence-corrected chi connectivity index (χ2v) is 3.27. The van der Waals surface area contributed by atoms with Gasteiger partial charge >= 0.3 is 5.97 Å². The second kappa shape index (κ2) is 6.19. The van der Waals surface area contributed by atoms with Crippen molar-refractivity contribution in [2.24, 2.45) is 0 Å². The molecule has 0 radical (unpaired) electrons. The summed E-state index contributed by atoms with van der Waals surface area (Å²) in [6.07, 6.45) is 14.2. The predicted molar refractivity (Wildman–Crippen MR) is 56.8 cm³/mol. The van der Waals surface area contributed by atoms with Crippen molar-refractivity contribution in [3.05, 3.63) is 36.0 Å². The van der Waals surface area contributed by atoms with Gasteiger partial charge in [0.05, 0.1) is 7.11 Å². The lowest BCUT2D eigenvalue weighted by Crippen LogP contribution is -1.92. The number of ether oxygens (including phenoxy) is 1. The van der Waals surface area contributed by atoms with Gasteiger partial charge in [-0.25, -0.2) is 4.79 Å². The molecule has 0 amide bonds. The SMILES string of the molecule is COC(=O)/C=C/C=C/C1=CCCCC1. The highest BCUT2D eigenvalue weighted by atomic mass is 16.5. The summed E-state index contributed by atoms with van der Waals surface area (Å²) in [5, 5.41) is 0.